The van der Waals surface area contributed by atoms with Gasteiger partial charge in [-0.3, -0.25) is 4.79 Å². The first-order chi connectivity index (χ1) is 6.86. The molecule has 0 aromatic carbocycles. The highest BCUT2D eigenvalue weighted by molar-refractivity contribution is 5.15. The van der Waals surface area contributed by atoms with Crippen LogP contribution < -0.4 is 10.9 Å². The van der Waals surface area contributed by atoms with Gasteiger partial charge in [0.05, 0.1) is 0 Å². The molecule has 1 aliphatic rings. The van der Waals surface area contributed by atoms with Gasteiger partial charge < -0.3 is 10.3 Å². The highest BCUT2D eigenvalue weighted by Crippen LogP contribution is 2.20. The van der Waals surface area contributed by atoms with Gasteiger partial charge in [0.1, 0.15) is 0 Å². The summed E-state index contributed by atoms with van der Waals surface area (Å²) in [7, 11) is 0. The molecule has 2 heterocycles. The Bertz CT molecular complexity index is 337. The molecule has 0 radical (unpaired) electrons. The van der Waals surface area contributed by atoms with Gasteiger partial charge in [0.15, 0.2) is 0 Å². The van der Waals surface area contributed by atoms with Crippen LogP contribution in [0.1, 0.15) is 37.3 Å². The highest BCUT2D eigenvalue weighted by atomic mass is 16.1. The minimum atomic E-state index is -0.00598. The molecule has 0 aliphatic carbocycles. The molecule has 14 heavy (non-hydrogen) atoms. The number of hydrogen-bond acceptors (Lipinski definition) is 2. The molecule has 2 rings (SSSR count). The Morgan fingerprint density at radius 3 is 3.07 bits per heavy atom. The lowest BCUT2D eigenvalue weighted by molar-refractivity contribution is 0.534. The molecule has 1 fully saturated rings. The molecule has 1 aromatic rings. The van der Waals surface area contributed by atoms with Crippen molar-refractivity contribution in [2.24, 2.45) is 0 Å². The van der Waals surface area contributed by atoms with Gasteiger partial charge in [0.2, 0.25) is 5.56 Å². The van der Waals surface area contributed by atoms with E-state index in [2.05, 4.69) is 10.3 Å². The fourth-order valence-corrected chi connectivity index (χ4v) is 1.99. The van der Waals surface area contributed by atoms with Crippen LogP contribution in [0.25, 0.3) is 0 Å². The van der Waals surface area contributed by atoms with Crippen LogP contribution >= 0.6 is 0 Å². The molecule has 1 atom stereocenters. The van der Waals surface area contributed by atoms with Gasteiger partial charge in [-0.05, 0) is 31.0 Å². The predicted octanol–water partition coefficient (Wildman–Crippen LogP) is 1.58. The van der Waals surface area contributed by atoms with Gasteiger partial charge in [0.25, 0.3) is 0 Å². The minimum Gasteiger partial charge on any atom is -0.329 e. The van der Waals surface area contributed by atoms with E-state index in [0.717, 1.165) is 18.5 Å². The molecular weight excluding hydrogens is 176 g/mol. The SMILES string of the molecule is O=c1cc(C2CCCCCN2)cc[nH]1. The molecule has 0 saturated carbocycles. The molecule has 76 valence electrons. The van der Waals surface area contributed by atoms with Crippen molar-refractivity contribution in [2.45, 2.75) is 31.7 Å². The Balaban J connectivity index is 2.16. The lowest BCUT2D eigenvalue weighted by atomic mass is 10.0. The first-order valence-electron chi connectivity index (χ1n) is 5.28. The summed E-state index contributed by atoms with van der Waals surface area (Å²) < 4.78 is 0. The standard InChI is InChI=1S/C11H16N2O/c14-11-8-9(5-7-13-11)10-4-2-1-3-6-12-10/h5,7-8,10,12H,1-4,6H2,(H,13,14). The van der Waals surface area contributed by atoms with Crippen molar-refractivity contribution < 1.29 is 0 Å². The van der Waals surface area contributed by atoms with Gasteiger partial charge in [-0.15, -0.1) is 0 Å². The second-order valence-corrected chi connectivity index (χ2v) is 3.84. The highest BCUT2D eigenvalue weighted by Gasteiger charge is 2.13. The summed E-state index contributed by atoms with van der Waals surface area (Å²) in [6.07, 6.45) is 6.67. The normalized spacial score (nSPS) is 23.0. The van der Waals surface area contributed by atoms with E-state index in [9.17, 15) is 4.79 Å². The van der Waals surface area contributed by atoms with Crippen molar-refractivity contribution in [3.63, 3.8) is 0 Å². The fourth-order valence-electron chi connectivity index (χ4n) is 1.99. The molecule has 1 aromatic heterocycles. The monoisotopic (exact) mass is 192 g/mol. The van der Waals surface area contributed by atoms with Gasteiger partial charge in [0, 0.05) is 18.3 Å². The zero-order valence-electron chi connectivity index (χ0n) is 8.25. The summed E-state index contributed by atoms with van der Waals surface area (Å²) in [5.41, 5.74) is 1.11. The summed E-state index contributed by atoms with van der Waals surface area (Å²) in [6, 6.07) is 4.06. The first kappa shape index (κ1) is 9.46. The quantitative estimate of drug-likeness (QED) is 0.709. The lowest BCUT2D eigenvalue weighted by Gasteiger charge is -2.15. The van der Waals surface area contributed by atoms with Gasteiger partial charge in [-0.25, -0.2) is 0 Å². The number of nitrogens with one attached hydrogen (secondary N) is 2. The Hall–Kier alpha value is -1.09. The minimum absolute atomic E-state index is 0.00598. The second-order valence-electron chi connectivity index (χ2n) is 3.84. The van der Waals surface area contributed by atoms with Crippen LogP contribution in [0.2, 0.25) is 0 Å². The first-order valence-corrected chi connectivity index (χ1v) is 5.28. The van der Waals surface area contributed by atoms with E-state index in [1.807, 2.05) is 6.07 Å². The largest absolute Gasteiger partial charge is 0.329 e. The zero-order chi connectivity index (χ0) is 9.80. The Morgan fingerprint density at radius 1 is 1.29 bits per heavy atom. The Labute approximate surface area is 83.5 Å². The third-order valence-corrected chi connectivity index (χ3v) is 2.76. The van der Waals surface area contributed by atoms with Crippen LogP contribution in [-0.2, 0) is 0 Å². The lowest BCUT2D eigenvalue weighted by Crippen LogP contribution is -2.21. The van der Waals surface area contributed by atoms with Crippen molar-refractivity contribution in [3.05, 3.63) is 34.2 Å². The van der Waals surface area contributed by atoms with Crippen molar-refractivity contribution >= 4 is 0 Å². The maximum absolute atomic E-state index is 11.1. The smallest absolute Gasteiger partial charge is 0.248 e. The fraction of sp³-hybridized carbons (Fsp3) is 0.545. The van der Waals surface area contributed by atoms with E-state index in [4.69, 9.17) is 0 Å². The summed E-state index contributed by atoms with van der Waals surface area (Å²) >= 11 is 0. The average Bonchev–Trinajstić information content (AvgIpc) is 2.45. The van der Waals surface area contributed by atoms with Gasteiger partial charge in [-0.1, -0.05) is 12.8 Å². The van der Waals surface area contributed by atoms with E-state index in [1.54, 1.807) is 12.3 Å². The van der Waals surface area contributed by atoms with Crippen LogP contribution in [0.3, 0.4) is 0 Å². The molecule has 3 heteroatoms. The maximum atomic E-state index is 11.1. The maximum Gasteiger partial charge on any atom is 0.248 e. The van der Waals surface area contributed by atoms with Crippen molar-refractivity contribution in [1.82, 2.24) is 10.3 Å². The summed E-state index contributed by atoms with van der Waals surface area (Å²) in [4.78, 5) is 13.8. The van der Waals surface area contributed by atoms with E-state index in [1.165, 1.54) is 19.3 Å². The van der Waals surface area contributed by atoms with Crippen LogP contribution in [0, 0.1) is 0 Å². The van der Waals surface area contributed by atoms with Crippen molar-refractivity contribution in [1.29, 1.82) is 0 Å². The van der Waals surface area contributed by atoms with Crippen molar-refractivity contribution in [2.75, 3.05) is 6.54 Å². The summed E-state index contributed by atoms with van der Waals surface area (Å²) in [6.45, 7) is 1.07. The molecule has 0 spiro atoms. The Morgan fingerprint density at radius 2 is 2.21 bits per heavy atom. The summed E-state index contributed by atoms with van der Waals surface area (Å²) in [5.74, 6) is 0. The second kappa shape index (κ2) is 4.42. The summed E-state index contributed by atoms with van der Waals surface area (Å²) in [5, 5.41) is 3.47. The molecule has 3 nitrogen and oxygen atoms in total. The number of pyridine rings is 1. The van der Waals surface area contributed by atoms with E-state index < -0.39 is 0 Å². The molecule has 1 unspecified atom stereocenters. The number of aromatic nitrogens is 1. The van der Waals surface area contributed by atoms with Gasteiger partial charge in [-0.2, -0.15) is 0 Å². The molecule has 1 saturated heterocycles. The van der Waals surface area contributed by atoms with Crippen molar-refractivity contribution in [3.8, 4) is 0 Å². The van der Waals surface area contributed by atoms with Crippen LogP contribution in [0.4, 0.5) is 0 Å². The zero-order valence-corrected chi connectivity index (χ0v) is 8.25. The molecule has 2 N–H and O–H groups in total. The van der Waals surface area contributed by atoms with E-state index in [0.29, 0.717) is 6.04 Å². The molecule has 1 aliphatic heterocycles. The van der Waals surface area contributed by atoms with E-state index in [-0.39, 0.29) is 5.56 Å². The topological polar surface area (TPSA) is 44.9 Å². The Kier molecular flexibility index (Phi) is 2.99. The third kappa shape index (κ3) is 2.23. The molecular formula is C11H16N2O. The molecule has 0 amide bonds. The number of rotatable bonds is 1. The van der Waals surface area contributed by atoms with Crippen LogP contribution in [0.5, 0.6) is 0 Å². The van der Waals surface area contributed by atoms with E-state index >= 15 is 0 Å². The van der Waals surface area contributed by atoms with Gasteiger partial charge >= 0.3 is 0 Å². The predicted molar refractivity (Wildman–Crippen MR) is 56.3 cm³/mol. The van der Waals surface area contributed by atoms with Crippen LogP contribution in [-0.4, -0.2) is 11.5 Å². The number of aromatic amines is 1. The number of hydrogen-bond donors (Lipinski definition) is 2. The average molecular weight is 192 g/mol. The number of H-pyrrole nitrogens is 1. The van der Waals surface area contributed by atoms with Crippen LogP contribution in [0.15, 0.2) is 23.1 Å². The third-order valence-electron chi connectivity index (χ3n) is 2.76. The molecule has 0 bridgehead atoms.